The minimum Gasteiger partial charge on any atom is -0.299 e. The smallest absolute Gasteiger partial charge is 0.293 e. The van der Waals surface area contributed by atoms with Gasteiger partial charge in [-0.1, -0.05) is 49.6 Å². The lowest BCUT2D eigenvalue weighted by Crippen LogP contribution is -2.32. The highest BCUT2D eigenvalue weighted by Crippen LogP contribution is 2.26. The second-order valence-corrected chi connectivity index (χ2v) is 7.27. The molecule has 1 saturated carbocycles. The molecule has 27 heavy (non-hydrogen) atoms. The third-order valence-corrected chi connectivity index (χ3v) is 5.48. The van der Waals surface area contributed by atoms with E-state index < -0.39 is 0 Å². The maximum atomic E-state index is 13.0. The summed E-state index contributed by atoms with van der Waals surface area (Å²) in [6.45, 7) is 2.98. The van der Waals surface area contributed by atoms with Gasteiger partial charge in [0.05, 0.1) is 11.7 Å². The molecule has 0 radical (unpaired) electrons. The van der Waals surface area contributed by atoms with Gasteiger partial charge in [0.15, 0.2) is 0 Å². The van der Waals surface area contributed by atoms with Crippen LogP contribution in [0.15, 0.2) is 46.2 Å². The lowest BCUT2D eigenvalue weighted by Gasteiger charge is -2.22. The van der Waals surface area contributed by atoms with Gasteiger partial charge in [-0.05, 0) is 25.7 Å². The Hall–Kier alpha value is -2.76. The zero-order valence-corrected chi connectivity index (χ0v) is 15.6. The normalized spacial score (nSPS) is 15.3. The van der Waals surface area contributed by atoms with Crippen LogP contribution in [-0.4, -0.2) is 19.3 Å². The molecule has 0 aliphatic heterocycles. The molecule has 1 aliphatic rings. The van der Waals surface area contributed by atoms with Crippen LogP contribution in [0.2, 0.25) is 0 Å². The summed E-state index contributed by atoms with van der Waals surface area (Å²) in [7, 11) is 0. The Balaban J connectivity index is 1.95. The number of aryl methyl sites for hydroxylation is 1. The minimum atomic E-state index is -0.268. The number of aromatic nitrogens is 4. The molecule has 6 heteroatoms. The fourth-order valence-corrected chi connectivity index (χ4v) is 3.96. The van der Waals surface area contributed by atoms with E-state index in [0.717, 1.165) is 18.4 Å². The van der Waals surface area contributed by atoms with E-state index in [-0.39, 0.29) is 16.6 Å². The molecule has 0 bridgehead atoms. The van der Waals surface area contributed by atoms with Crippen molar-refractivity contribution in [3.05, 3.63) is 57.4 Å². The molecule has 0 amide bonds. The van der Waals surface area contributed by atoms with Crippen LogP contribution in [0.4, 0.5) is 0 Å². The van der Waals surface area contributed by atoms with Gasteiger partial charge in [0.25, 0.3) is 11.1 Å². The van der Waals surface area contributed by atoms with E-state index in [0.29, 0.717) is 30.1 Å². The van der Waals surface area contributed by atoms with Crippen LogP contribution in [0.5, 0.6) is 0 Å². The molecular formula is C21H24N4O2. The first-order chi connectivity index (χ1) is 13.2. The topological polar surface area (TPSA) is 69.8 Å². The standard InChI is InChI=1S/C21H24N4O2/c1-2-24-14-22-19-17(20(24)26)18(16-11-7-4-8-12-16)23-25(21(19)27)13-15-9-5-3-6-10-15/h4,7-8,11-12,14-15H,2-3,5-6,9-10,13H2,1H3. The molecule has 1 aromatic carbocycles. The summed E-state index contributed by atoms with van der Waals surface area (Å²) in [5.41, 5.74) is 1.11. The van der Waals surface area contributed by atoms with Crippen molar-refractivity contribution in [1.82, 2.24) is 19.3 Å². The Morgan fingerprint density at radius 3 is 2.48 bits per heavy atom. The van der Waals surface area contributed by atoms with Gasteiger partial charge in [0.1, 0.15) is 11.2 Å². The molecule has 2 heterocycles. The second-order valence-electron chi connectivity index (χ2n) is 7.27. The second kappa shape index (κ2) is 7.47. The van der Waals surface area contributed by atoms with Crippen LogP contribution < -0.4 is 11.1 Å². The summed E-state index contributed by atoms with van der Waals surface area (Å²) in [4.78, 5) is 30.3. The first kappa shape index (κ1) is 17.6. The zero-order chi connectivity index (χ0) is 18.8. The summed E-state index contributed by atoms with van der Waals surface area (Å²) in [5.74, 6) is 0.459. The third-order valence-electron chi connectivity index (χ3n) is 5.48. The number of hydrogen-bond acceptors (Lipinski definition) is 4. The molecule has 3 aromatic rings. The highest BCUT2D eigenvalue weighted by atomic mass is 16.1. The monoisotopic (exact) mass is 364 g/mol. The molecule has 0 spiro atoms. The van der Waals surface area contributed by atoms with E-state index in [2.05, 4.69) is 10.1 Å². The SMILES string of the molecule is CCn1cnc2c(=O)n(CC3CCCCC3)nc(-c3ccccc3)c2c1=O. The van der Waals surface area contributed by atoms with E-state index in [1.54, 1.807) is 0 Å². The molecule has 0 unspecified atom stereocenters. The number of hydrogen-bond donors (Lipinski definition) is 0. The molecule has 6 nitrogen and oxygen atoms in total. The molecular weight excluding hydrogens is 340 g/mol. The molecule has 2 aromatic heterocycles. The van der Waals surface area contributed by atoms with Crippen LogP contribution in [0.1, 0.15) is 39.0 Å². The van der Waals surface area contributed by atoms with Crippen molar-refractivity contribution < 1.29 is 0 Å². The summed E-state index contributed by atoms with van der Waals surface area (Å²) < 4.78 is 3.05. The van der Waals surface area contributed by atoms with E-state index >= 15 is 0 Å². The average molecular weight is 364 g/mol. The number of nitrogens with zero attached hydrogens (tertiary/aromatic N) is 4. The Labute approximate surface area is 157 Å². The van der Waals surface area contributed by atoms with Crippen molar-refractivity contribution in [1.29, 1.82) is 0 Å². The van der Waals surface area contributed by atoms with E-state index in [1.807, 2.05) is 37.3 Å². The quantitative estimate of drug-likeness (QED) is 0.713. The van der Waals surface area contributed by atoms with E-state index in [9.17, 15) is 9.59 Å². The highest BCUT2D eigenvalue weighted by molar-refractivity contribution is 5.90. The maximum absolute atomic E-state index is 13.0. The predicted molar refractivity (Wildman–Crippen MR) is 106 cm³/mol. The average Bonchev–Trinajstić information content (AvgIpc) is 2.72. The fourth-order valence-electron chi connectivity index (χ4n) is 3.96. The molecule has 1 fully saturated rings. The van der Waals surface area contributed by atoms with Gasteiger partial charge in [-0.25, -0.2) is 9.67 Å². The Morgan fingerprint density at radius 2 is 1.78 bits per heavy atom. The Bertz CT molecular complexity index is 1060. The lowest BCUT2D eigenvalue weighted by atomic mass is 9.89. The zero-order valence-electron chi connectivity index (χ0n) is 15.6. The van der Waals surface area contributed by atoms with Gasteiger partial charge >= 0.3 is 0 Å². The number of fused-ring (bicyclic) bond motifs is 1. The molecule has 1 aliphatic carbocycles. The molecule has 4 rings (SSSR count). The van der Waals surface area contributed by atoms with Crippen LogP contribution in [0.25, 0.3) is 22.2 Å². The van der Waals surface area contributed by atoms with Gasteiger partial charge in [-0.15, -0.1) is 0 Å². The largest absolute Gasteiger partial charge is 0.299 e. The lowest BCUT2D eigenvalue weighted by molar-refractivity contribution is 0.304. The Kier molecular flexibility index (Phi) is 4.88. The predicted octanol–water partition coefficient (Wildman–Crippen LogP) is 3.22. The highest BCUT2D eigenvalue weighted by Gasteiger charge is 2.20. The fraction of sp³-hybridized carbons (Fsp3) is 0.429. The first-order valence-electron chi connectivity index (χ1n) is 9.74. The minimum absolute atomic E-state index is 0.212. The summed E-state index contributed by atoms with van der Waals surface area (Å²) in [6, 6.07) is 9.58. The van der Waals surface area contributed by atoms with Crippen molar-refractivity contribution in [2.75, 3.05) is 0 Å². The summed E-state index contributed by atoms with van der Waals surface area (Å²) >= 11 is 0. The first-order valence-corrected chi connectivity index (χ1v) is 9.74. The van der Waals surface area contributed by atoms with Crippen molar-refractivity contribution in [2.24, 2.45) is 5.92 Å². The van der Waals surface area contributed by atoms with E-state index in [4.69, 9.17) is 0 Å². The van der Waals surface area contributed by atoms with Gasteiger partial charge in [-0.3, -0.25) is 14.2 Å². The molecule has 0 atom stereocenters. The van der Waals surface area contributed by atoms with Crippen molar-refractivity contribution in [2.45, 2.75) is 52.1 Å². The van der Waals surface area contributed by atoms with Crippen LogP contribution >= 0.6 is 0 Å². The molecule has 0 saturated heterocycles. The molecule has 0 N–H and O–H groups in total. The third kappa shape index (κ3) is 3.31. The summed E-state index contributed by atoms with van der Waals surface area (Å²) in [5, 5.41) is 4.97. The van der Waals surface area contributed by atoms with Crippen LogP contribution in [0.3, 0.4) is 0 Å². The Morgan fingerprint density at radius 1 is 1.04 bits per heavy atom. The maximum Gasteiger partial charge on any atom is 0.293 e. The van der Waals surface area contributed by atoms with Crippen LogP contribution in [0, 0.1) is 5.92 Å². The van der Waals surface area contributed by atoms with Gasteiger partial charge in [0.2, 0.25) is 0 Å². The molecule has 140 valence electrons. The van der Waals surface area contributed by atoms with Gasteiger partial charge < -0.3 is 0 Å². The summed E-state index contributed by atoms with van der Waals surface area (Å²) in [6.07, 6.45) is 7.39. The van der Waals surface area contributed by atoms with Gasteiger partial charge in [0, 0.05) is 18.7 Å². The van der Waals surface area contributed by atoms with Crippen molar-refractivity contribution in [3.63, 3.8) is 0 Å². The van der Waals surface area contributed by atoms with Crippen molar-refractivity contribution >= 4 is 10.9 Å². The van der Waals surface area contributed by atoms with Gasteiger partial charge in [-0.2, -0.15) is 5.10 Å². The van der Waals surface area contributed by atoms with Crippen molar-refractivity contribution in [3.8, 4) is 11.3 Å². The number of benzene rings is 1. The number of rotatable bonds is 4. The van der Waals surface area contributed by atoms with E-state index in [1.165, 1.54) is 34.8 Å². The van der Waals surface area contributed by atoms with Crippen LogP contribution in [-0.2, 0) is 13.1 Å².